The minimum absolute atomic E-state index is 0.0280. The molecule has 0 aliphatic carbocycles. The molecule has 1 unspecified atom stereocenters. The van der Waals surface area contributed by atoms with Crippen LogP contribution >= 0.6 is 0 Å². The molecule has 0 saturated heterocycles. The molecule has 4 rings (SSSR count). The molecule has 1 aromatic heterocycles. The van der Waals surface area contributed by atoms with E-state index in [1.54, 1.807) is 18.2 Å². The molecule has 1 atom stereocenters. The third kappa shape index (κ3) is 6.57. The van der Waals surface area contributed by atoms with Crippen LogP contribution in [0.5, 0.6) is 5.75 Å². The van der Waals surface area contributed by atoms with Crippen molar-refractivity contribution in [3.8, 4) is 17.1 Å². The van der Waals surface area contributed by atoms with Gasteiger partial charge in [-0.2, -0.15) is 13.2 Å². The number of carboxylic acids is 1. The summed E-state index contributed by atoms with van der Waals surface area (Å²) in [6.07, 6.45) is -1.64. The number of benzene rings is 2. The Balaban J connectivity index is 1.37. The first-order valence-corrected chi connectivity index (χ1v) is 11.4. The molecule has 35 heavy (non-hydrogen) atoms. The Labute approximate surface area is 201 Å². The van der Waals surface area contributed by atoms with Crippen LogP contribution in [-0.4, -0.2) is 39.0 Å². The number of carbonyl (C=O) groups is 1. The smallest absolute Gasteiger partial charge is 0.416 e. The maximum Gasteiger partial charge on any atom is 0.416 e. The maximum atomic E-state index is 12.9. The van der Waals surface area contributed by atoms with Crippen LogP contribution in [0.2, 0.25) is 0 Å². The van der Waals surface area contributed by atoms with Gasteiger partial charge in [0, 0.05) is 49.8 Å². The fourth-order valence-electron chi connectivity index (χ4n) is 4.18. The van der Waals surface area contributed by atoms with Gasteiger partial charge < -0.3 is 9.84 Å². The van der Waals surface area contributed by atoms with Crippen LogP contribution in [0.3, 0.4) is 0 Å². The average Bonchev–Trinajstić information content (AvgIpc) is 2.82. The summed E-state index contributed by atoms with van der Waals surface area (Å²) >= 11 is 0. The largest absolute Gasteiger partial charge is 0.489 e. The van der Waals surface area contributed by atoms with Crippen molar-refractivity contribution in [3.05, 3.63) is 77.1 Å². The lowest BCUT2D eigenvalue weighted by atomic mass is 10.0. The minimum atomic E-state index is -4.39. The first-order valence-electron chi connectivity index (χ1n) is 11.4. The van der Waals surface area contributed by atoms with Gasteiger partial charge in [0.25, 0.3) is 0 Å². The van der Waals surface area contributed by atoms with E-state index in [1.807, 2.05) is 25.3 Å². The van der Waals surface area contributed by atoms with Gasteiger partial charge in [-0.25, -0.2) is 9.97 Å². The molecular formula is C26H26F3N3O3. The number of hydrogen-bond donors (Lipinski definition) is 1. The molecule has 0 fully saturated rings. The fourth-order valence-corrected chi connectivity index (χ4v) is 4.18. The van der Waals surface area contributed by atoms with Crippen LogP contribution in [0.25, 0.3) is 11.4 Å². The van der Waals surface area contributed by atoms with Gasteiger partial charge in [0.1, 0.15) is 12.4 Å². The number of halogens is 3. The second-order valence-electron chi connectivity index (χ2n) is 8.86. The van der Waals surface area contributed by atoms with E-state index in [-0.39, 0.29) is 18.9 Å². The van der Waals surface area contributed by atoms with Gasteiger partial charge in [-0.05, 0) is 47.9 Å². The monoisotopic (exact) mass is 485 g/mol. The lowest BCUT2D eigenvalue weighted by Crippen LogP contribution is -2.35. The van der Waals surface area contributed by atoms with Crippen LogP contribution in [0.15, 0.2) is 54.7 Å². The quantitative estimate of drug-likeness (QED) is 0.472. The summed E-state index contributed by atoms with van der Waals surface area (Å²) in [4.78, 5) is 22.4. The molecular weight excluding hydrogens is 459 g/mol. The molecule has 1 aliphatic rings. The van der Waals surface area contributed by atoms with Crippen molar-refractivity contribution in [1.29, 1.82) is 0 Å². The summed E-state index contributed by atoms with van der Waals surface area (Å²) < 4.78 is 44.3. The number of ether oxygens (including phenoxy) is 1. The molecule has 2 aromatic carbocycles. The second-order valence-corrected chi connectivity index (χ2v) is 8.86. The van der Waals surface area contributed by atoms with Crippen molar-refractivity contribution < 1.29 is 27.8 Å². The normalized spacial score (nSPS) is 14.9. The third-order valence-corrected chi connectivity index (χ3v) is 5.88. The van der Waals surface area contributed by atoms with Crippen LogP contribution in [0.4, 0.5) is 13.2 Å². The number of carboxylic acid groups (broad SMARTS) is 1. The molecule has 184 valence electrons. The Morgan fingerprint density at radius 2 is 1.97 bits per heavy atom. The lowest BCUT2D eigenvalue weighted by molar-refractivity contribution is -0.138. The highest BCUT2D eigenvalue weighted by atomic mass is 19.4. The Morgan fingerprint density at radius 3 is 2.69 bits per heavy atom. The molecule has 2 heterocycles. The molecule has 3 aromatic rings. The van der Waals surface area contributed by atoms with Crippen molar-refractivity contribution in [2.24, 2.45) is 5.92 Å². The highest BCUT2D eigenvalue weighted by Crippen LogP contribution is 2.30. The average molecular weight is 486 g/mol. The van der Waals surface area contributed by atoms with E-state index in [2.05, 4.69) is 9.88 Å². The molecule has 0 radical (unpaired) electrons. The van der Waals surface area contributed by atoms with E-state index >= 15 is 0 Å². The van der Waals surface area contributed by atoms with Crippen molar-refractivity contribution >= 4 is 5.97 Å². The van der Waals surface area contributed by atoms with E-state index in [0.29, 0.717) is 23.7 Å². The Bertz CT molecular complexity index is 1180. The van der Waals surface area contributed by atoms with Gasteiger partial charge in [-0.1, -0.05) is 19.1 Å². The highest BCUT2D eigenvalue weighted by Gasteiger charge is 2.30. The fraction of sp³-hybridized carbons (Fsp3) is 0.346. The topological polar surface area (TPSA) is 75.5 Å². The molecule has 1 N–H and O–H groups in total. The Morgan fingerprint density at radius 1 is 1.20 bits per heavy atom. The van der Waals surface area contributed by atoms with Crippen molar-refractivity contribution in [1.82, 2.24) is 14.9 Å². The Kier molecular flexibility index (Phi) is 7.35. The number of rotatable bonds is 8. The zero-order chi connectivity index (χ0) is 25.0. The van der Waals surface area contributed by atoms with Crippen molar-refractivity contribution in [2.75, 3.05) is 13.1 Å². The zero-order valence-electron chi connectivity index (χ0n) is 19.3. The van der Waals surface area contributed by atoms with Crippen LogP contribution in [0, 0.1) is 5.92 Å². The van der Waals surface area contributed by atoms with Crippen LogP contribution < -0.4 is 4.74 Å². The molecule has 6 nitrogen and oxygen atoms in total. The van der Waals surface area contributed by atoms with Gasteiger partial charge in [0.2, 0.25) is 0 Å². The van der Waals surface area contributed by atoms with Crippen LogP contribution in [0.1, 0.15) is 35.7 Å². The number of hydrogen-bond acceptors (Lipinski definition) is 5. The molecule has 0 amide bonds. The number of nitrogens with zero attached hydrogens (tertiary/aromatic N) is 3. The highest BCUT2D eigenvalue weighted by molar-refractivity contribution is 5.67. The van der Waals surface area contributed by atoms with E-state index < -0.39 is 17.7 Å². The summed E-state index contributed by atoms with van der Waals surface area (Å²) in [5.74, 6) is 0.426. The van der Waals surface area contributed by atoms with Crippen molar-refractivity contribution in [2.45, 2.75) is 39.1 Å². The molecule has 9 heteroatoms. The van der Waals surface area contributed by atoms with E-state index in [1.165, 1.54) is 6.07 Å². The van der Waals surface area contributed by atoms with Gasteiger partial charge in [0.15, 0.2) is 5.82 Å². The number of aromatic nitrogens is 2. The van der Waals surface area contributed by atoms with E-state index in [0.717, 1.165) is 48.5 Å². The van der Waals surface area contributed by atoms with E-state index in [4.69, 9.17) is 14.8 Å². The Hall–Kier alpha value is -3.46. The van der Waals surface area contributed by atoms with Crippen molar-refractivity contribution in [3.63, 3.8) is 0 Å². The van der Waals surface area contributed by atoms with E-state index in [9.17, 15) is 18.0 Å². The number of aliphatic carboxylic acids is 1. The summed E-state index contributed by atoms with van der Waals surface area (Å²) in [6.45, 7) is 4.20. The zero-order valence-corrected chi connectivity index (χ0v) is 19.3. The second kappa shape index (κ2) is 10.4. The molecule has 0 spiro atoms. The van der Waals surface area contributed by atoms with Gasteiger partial charge in [-0.15, -0.1) is 0 Å². The first-order chi connectivity index (χ1) is 16.7. The predicted molar refractivity (Wildman–Crippen MR) is 124 cm³/mol. The van der Waals surface area contributed by atoms with Gasteiger partial charge in [0.05, 0.1) is 11.3 Å². The minimum Gasteiger partial charge on any atom is -0.489 e. The standard InChI is InChI=1S/C26H26F3N3O3/c1-17(11-24(33)34)14-32-10-9-23-20(15-32)13-30-25(31-23)19-5-7-22(8-6-19)35-16-18-3-2-4-21(12-18)26(27,28)29/h2-8,12-13,17H,9-11,14-16H2,1H3,(H,33,34). The summed E-state index contributed by atoms with van der Waals surface area (Å²) in [5.41, 5.74) is 2.59. The molecule has 0 saturated carbocycles. The number of fused-ring (bicyclic) bond motifs is 1. The molecule has 1 aliphatic heterocycles. The third-order valence-electron chi connectivity index (χ3n) is 5.88. The maximum absolute atomic E-state index is 12.9. The summed E-state index contributed by atoms with van der Waals surface area (Å²) in [7, 11) is 0. The van der Waals surface area contributed by atoms with Gasteiger partial charge in [-0.3, -0.25) is 9.69 Å². The van der Waals surface area contributed by atoms with Crippen LogP contribution in [-0.2, 0) is 30.5 Å². The SMILES string of the molecule is CC(CC(=O)O)CN1CCc2nc(-c3ccc(OCc4cccc(C(F)(F)F)c4)cc3)ncc2C1. The summed E-state index contributed by atoms with van der Waals surface area (Å²) in [5, 5.41) is 8.96. The number of alkyl halides is 3. The molecule has 0 bridgehead atoms. The lowest BCUT2D eigenvalue weighted by Gasteiger charge is -2.29. The van der Waals surface area contributed by atoms with Gasteiger partial charge >= 0.3 is 12.1 Å². The summed E-state index contributed by atoms with van der Waals surface area (Å²) in [6, 6.07) is 12.2. The predicted octanol–water partition coefficient (Wildman–Crippen LogP) is 5.21. The first kappa shape index (κ1) is 24.7.